The average Bonchev–Trinajstić information content (AvgIpc) is 3.89. The molecule has 2 nitrogen and oxygen atoms in total. The fraction of sp³-hybridized carbons (Fsp3) is 0. The summed E-state index contributed by atoms with van der Waals surface area (Å²) < 4.78 is 10.4. The van der Waals surface area contributed by atoms with Gasteiger partial charge >= 0.3 is 0 Å². The van der Waals surface area contributed by atoms with Crippen LogP contribution in [0.15, 0.2) is 194 Å². The van der Waals surface area contributed by atoms with Crippen LogP contribution in [0.1, 0.15) is 0 Å². The van der Waals surface area contributed by atoms with Gasteiger partial charge in [-0.1, -0.05) is 133 Å². The van der Waals surface area contributed by atoms with Crippen molar-refractivity contribution in [1.29, 1.82) is 0 Å². The standard InChI is InChI=1S/C56H32N2S2/c1-3-17-35(18-4-1)57-45-27-11-15-33-32-44(42-26-14-24-40-38-22-8-10-30-48(38)60-56(40)42)54-52(49(33)45)51-50-34(16-12-28-46(50)58(54)36-19-5-2-6-20-36)31-43(53(51)57)41-25-13-23-39-37-21-7-9-29-47(37)59-55(39)41/h1-32H. The number of para-hydroxylation sites is 2. The number of hydrogen-bond donors (Lipinski definition) is 0. The Hall–Kier alpha value is -7.24. The molecule has 12 aromatic rings. The Morgan fingerprint density at radius 2 is 0.717 bits per heavy atom. The van der Waals surface area contributed by atoms with Crippen LogP contribution < -0.4 is 0 Å². The van der Waals surface area contributed by atoms with Crippen LogP contribution in [-0.4, -0.2) is 9.13 Å². The van der Waals surface area contributed by atoms with Crippen LogP contribution in [-0.2, 0) is 0 Å². The van der Waals surface area contributed by atoms with E-state index in [9.17, 15) is 0 Å². The van der Waals surface area contributed by atoms with Crippen molar-refractivity contribution < 1.29 is 0 Å². The van der Waals surface area contributed by atoms with E-state index in [0.29, 0.717) is 0 Å². The van der Waals surface area contributed by atoms with E-state index in [1.54, 1.807) is 0 Å². The molecule has 0 bridgehead atoms. The van der Waals surface area contributed by atoms with Gasteiger partial charge in [0, 0.05) is 95.9 Å². The highest BCUT2D eigenvalue weighted by atomic mass is 32.1. The molecule has 2 aliphatic heterocycles. The maximum atomic E-state index is 2.57. The summed E-state index contributed by atoms with van der Waals surface area (Å²) in [6.07, 6.45) is 0. The first-order valence-corrected chi connectivity index (χ1v) is 22.1. The third-order valence-corrected chi connectivity index (χ3v) is 15.3. The third kappa shape index (κ3) is 4.31. The number of benzene rings is 10. The first-order chi connectivity index (χ1) is 29.8. The summed E-state index contributed by atoms with van der Waals surface area (Å²) in [6, 6.07) is 72.4. The normalized spacial score (nSPS) is 12.3. The topological polar surface area (TPSA) is 9.86 Å². The quantitative estimate of drug-likeness (QED) is 0.124. The Balaban J connectivity index is 1.27. The van der Waals surface area contributed by atoms with Crippen molar-refractivity contribution in [3.63, 3.8) is 0 Å². The summed E-state index contributed by atoms with van der Waals surface area (Å²) in [6.45, 7) is 0. The number of hydrogen-bond acceptors (Lipinski definition) is 2. The maximum Gasteiger partial charge on any atom is 0.0627 e. The molecule has 0 unspecified atom stereocenters. The van der Waals surface area contributed by atoms with Gasteiger partial charge in [0.15, 0.2) is 0 Å². The Morgan fingerprint density at radius 1 is 0.317 bits per heavy atom. The molecule has 4 heteroatoms. The van der Waals surface area contributed by atoms with E-state index < -0.39 is 0 Å². The Morgan fingerprint density at radius 3 is 1.18 bits per heavy atom. The van der Waals surface area contributed by atoms with Crippen LogP contribution in [0.4, 0.5) is 0 Å². The number of thiophene rings is 2. The molecule has 0 radical (unpaired) electrons. The highest BCUT2D eigenvalue weighted by Crippen LogP contribution is 2.56. The molecule has 14 rings (SSSR count). The first-order valence-electron chi connectivity index (χ1n) is 20.5. The summed E-state index contributed by atoms with van der Waals surface area (Å²) in [5, 5.41) is 10.3. The molecule has 2 aliphatic rings. The second kappa shape index (κ2) is 12.2. The molecule has 2 aromatic heterocycles. The molecule has 10 aromatic carbocycles. The summed E-state index contributed by atoms with van der Waals surface area (Å²) in [7, 11) is 0. The fourth-order valence-electron chi connectivity index (χ4n) is 10.4. The lowest BCUT2D eigenvalue weighted by atomic mass is 9.82. The van der Waals surface area contributed by atoms with Crippen LogP contribution in [0.25, 0.3) is 129 Å². The smallest absolute Gasteiger partial charge is 0.0627 e. The SMILES string of the molecule is c1ccc(-n2c3c(-c4cccc5c4sc4ccccc45)cc4cccc5c4c3-c3c4c(cccc42)cc(-c2cccc4c2sc2ccccc24)c3n5-c2ccccc2)cc1. The predicted molar refractivity (Wildman–Crippen MR) is 260 cm³/mol. The minimum absolute atomic E-state index is 1.15. The van der Waals surface area contributed by atoms with Crippen LogP contribution in [0.2, 0.25) is 0 Å². The molecule has 60 heavy (non-hydrogen) atoms. The van der Waals surface area contributed by atoms with Crippen molar-refractivity contribution in [2.75, 3.05) is 0 Å². The molecular formula is C56H32N2S2. The van der Waals surface area contributed by atoms with E-state index in [1.807, 2.05) is 22.7 Å². The van der Waals surface area contributed by atoms with Crippen LogP contribution in [0, 0.1) is 0 Å². The second-order valence-electron chi connectivity index (χ2n) is 15.9. The largest absolute Gasteiger partial charge is 0.309 e. The van der Waals surface area contributed by atoms with Crippen molar-refractivity contribution in [3.05, 3.63) is 194 Å². The molecule has 0 spiro atoms. The molecule has 0 aliphatic carbocycles. The zero-order valence-electron chi connectivity index (χ0n) is 32.2. The Kier molecular flexibility index (Phi) is 6.62. The summed E-state index contributed by atoms with van der Waals surface area (Å²) in [5.74, 6) is 0. The molecule has 0 amide bonds. The zero-order valence-corrected chi connectivity index (χ0v) is 33.8. The molecule has 4 heterocycles. The lowest BCUT2D eigenvalue weighted by Gasteiger charge is -2.31. The lowest BCUT2D eigenvalue weighted by molar-refractivity contribution is 1.14. The van der Waals surface area contributed by atoms with Crippen LogP contribution >= 0.6 is 22.7 Å². The van der Waals surface area contributed by atoms with E-state index in [4.69, 9.17) is 0 Å². The molecule has 0 fully saturated rings. The van der Waals surface area contributed by atoms with Crippen molar-refractivity contribution in [1.82, 2.24) is 9.13 Å². The molecule has 0 N–H and O–H groups in total. The number of fused-ring (bicyclic) bond motifs is 6. The molecule has 0 saturated heterocycles. The molecule has 0 saturated carbocycles. The van der Waals surface area contributed by atoms with E-state index in [-0.39, 0.29) is 0 Å². The predicted octanol–water partition coefficient (Wildman–Crippen LogP) is 16.5. The number of aromatic nitrogens is 2. The number of pyridine rings is 2. The van der Waals surface area contributed by atoms with Crippen molar-refractivity contribution >= 4 is 107 Å². The van der Waals surface area contributed by atoms with E-state index in [2.05, 4.69) is 203 Å². The zero-order chi connectivity index (χ0) is 39.1. The van der Waals surface area contributed by atoms with Crippen LogP contribution in [0.3, 0.4) is 0 Å². The highest BCUT2D eigenvalue weighted by Gasteiger charge is 2.32. The Labute approximate surface area is 352 Å². The van der Waals surface area contributed by atoms with Gasteiger partial charge in [-0.15, -0.1) is 22.7 Å². The molecule has 278 valence electrons. The lowest BCUT2D eigenvalue weighted by Crippen LogP contribution is -2.12. The van der Waals surface area contributed by atoms with E-state index in [1.165, 1.54) is 117 Å². The maximum absolute atomic E-state index is 2.57. The summed E-state index contributed by atoms with van der Waals surface area (Å²) >= 11 is 3.81. The molecular weight excluding hydrogens is 765 g/mol. The van der Waals surface area contributed by atoms with Crippen molar-refractivity contribution in [2.45, 2.75) is 0 Å². The fourth-order valence-corrected chi connectivity index (χ4v) is 12.9. The summed E-state index contributed by atoms with van der Waals surface area (Å²) in [4.78, 5) is 0. The monoisotopic (exact) mass is 796 g/mol. The van der Waals surface area contributed by atoms with E-state index in [0.717, 1.165) is 11.4 Å². The third-order valence-electron chi connectivity index (χ3n) is 12.8. The summed E-state index contributed by atoms with van der Waals surface area (Å²) in [5.41, 5.74) is 14.8. The van der Waals surface area contributed by atoms with Crippen molar-refractivity contribution in [2.24, 2.45) is 0 Å². The van der Waals surface area contributed by atoms with E-state index >= 15 is 0 Å². The van der Waals surface area contributed by atoms with Gasteiger partial charge in [0.2, 0.25) is 0 Å². The van der Waals surface area contributed by atoms with Gasteiger partial charge < -0.3 is 9.13 Å². The van der Waals surface area contributed by atoms with Gasteiger partial charge in [0.1, 0.15) is 0 Å². The van der Waals surface area contributed by atoms with Gasteiger partial charge in [-0.25, -0.2) is 0 Å². The Bertz CT molecular complexity index is 3730. The van der Waals surface area contributed by atoms with Crippen molar-refractivity contribution in [3.8, 4) is 44.8 Å². The first kappa shape index (κ1) is 32.7. The van der Waals surface area contributed by atoms with Gasteiger partial charge in [-0.05, 0) is 71.4 Å². The molecule has 0 atom stereocenters. The minimum atomic E-state index is 1.15. The van der Waals surface area contributed by atoms with Gasteiger partial charge in [-0.3, -0.25) is 0 Å². The van der Waals surface area contributed by atoms with Crippen LogP contribution in [0.5, 0.6) is 0 Å². The average molecular weight is 797 g/mol. The van der Waals surface area contributed by atoms with Gasteiger partial charge in [0.25, 0.3) is 0 Å². The van der Waals surface area contributed by atoms with Gasteiger partial charge in [-0.2, -0.15) is 0 Å². The number of nitrogens with zero attached hydrogens (tertiary/aromatic N) is 2. The van der Waals surface area contributed by atoms with Gasteiger partial charge in [0.05, 0.1) is 22.1 Å². The minimum Gasteiger partial charge on any atom is -0.309 e. The second-order valence-corrected chi connectivity index (χ2v) is 18.1. The highest BCUT2D eigenvalue weighted by molar-refractivity contribution is 7.26. The number of rotatable bonds is 4.